The van der Waals surface area contributed by atoms with Crippen molar-refractivity contribution in [3.05, 3.63) is 70.5 Å². The standard InChI is InChI=1S/C20H20N4OS/c1-13-18(8-5-11-21-13)24-19(10-9-15-12-26-14(2)22-15)23-17-7-4-3-6-16(17)20(24)25/h3-11,14-15,22H,12H2,1-2H3/b10-9+. The van der Waals surface area contributed by atoms with Gasteiger partial charge < -0.3 is 0 Å². The van der Waals surface area contributed by atoms with Crippen LogP contribution in [0.5, 0.6) is 0 Å². The van der Waals surface area contributed by atoms with Gasteiger partial charge in [-0.15, -0.1) is 11.8 Å². The van der Waals surface area contributed by atoms with E-state index in [4.69, 9.17) is 4.98 Å². The molecule has 0 amide bonds. The molecule has 0 aliphatic carbocycles. The average molecular weight is 364 g/mol. The summed E-state index contributed by atoms with van der Waals surface area (Å²) < 4.78 is 1.66. The van der Waals surface area contributed by atoms with Crippen LogP contribution >= 0.6 is 11.8 Å². The summed E-state index contributed by atoms with van der Waals surface area (Å²) in [4.78, 5) is 22.3. The monoisotopic (exact) mass is 364 g/mol. The van der Waals surface area contributed by atoms with Gasteiger partial charge in [0.05, 0.1) is 27.7 Å². The minimum atomic E-state index is -0.0755. The highest BCUT2D eigenvalue weighted by molar-refractivity contribution is 8.00. The molecule has 0 spiro atoms. The number of benzene rings is 1. The first-order chi connectivity index (χ1) is 12.6. The van der Waals surface area contributed by atoms with Crippen molar-refractivity contribution in [1.82, 2.24) is 19.9 Å². The van der Waals surface area contributed by atoms with Crippen molar-refractivity contribution < 1.29 is 0 Å². The minimum absolute atomic E-state index is 0.0755. The highest BCUT2D eigenvalue weighted by Gasteiger charge is 2.19. The Morgan fingerprint density at radius 2 is 2.12 bits per heavy atom. The first-order valence-corrected chi connectivity index (χ1v) is 9.68. The summed E-state index contributed by atoms with van der Waals surface area (Å²) in [7, 11) is 0. The number of fused-ring (bicyclic) bond motifs is 1. The summed E-state index contributed by atoms with van der Waals surface area (Å²) >= 11 is 1.89. The van der Waals surface area contributed by atoms with Crippen LogP contribution in [0, 0.1) is 6.92 Å². The molecule has 2 aromatic heterocycles. The number of aromatic nitrogens is 3. The largest absolute Gasteiger partial charge is 0.298 e. The SMILES string of the molecule is Cc1ncccc1-n1c(/C=C/C2CSC(C)N2)nc2ccccc2c1=O. The number of pyridine rings is 1. The van der Waals surface area contributed by atoms with Gasteiger partial charge in [0.1, 0.15) is 5.82 Å². The maximum Gasteiger partial charge on any atom is 0.266 e. The van der Waals surface area contributed by atoms with Crippen LogP contribution in [0.2, 0.25) is 0 Å². The van der Waals surface area contributed by atoms with Gasteiger partial charge in [0.2, 0.25) is 0 Å². The van der Waals surface area contributed by atoms with Crippen molar-refractivity contribution in [3.8, 4) is 5.69 Å². The van der Waals surface area contributed by atoms with E-state index in [1.165, 1.54) is 0 Å². The van der Waals surface area contributed by atoms with Crippen LogP contribution in [0.1, 0.15) is 18.4 Å². The molecule has 6 heteroatoms. The second-order valence-corrected chi connectivity index (χ2v) is 7.72. The van der Waals surface area contributed by atoms with Crippen molar-refractivity contribution in [3.63, 3.8) is 0 Å². The lowest BCUT2D eigenvalue weighted by Crippen LogP contribution is -2.26. The molecule has 2 unspecified atom stereocenters. The van der Waals surface area contributed by atoms with Crippen molar-refractivity contribution in [2.45, 2.75) is 25.3 Å². The van der Waals surface area contributed by atoms with E-state index >= 15 is 0 Å². The average Bonchev–Trinajstić information content (AvgIpc) is 3.06. The molecule has 26 heavy (non-hydrogen) atoms. The zero-order valence-corrected chi connectivity index (χ0v) is 15.5. The first-order valence-electron chi connectivity index (χ1n) is 8.63. The Kier molecular flexibility index (Phi) is 4.61. The van der Waals surface area contributed by atoms with Gasteiger partial charge in [-0.3, -0.25) is 19.7 Å². The Bertz CT molecular complexity index is 1040. The lowest BCUT2D eigenvalue weighted by Gasteiger charge is -2.13. The summed E-state index contributed by atoms with van der Waals surface area (Å²) in [5.41, 5.74) is 2.19. The molecule has 0 radical (unpaired) electrons. The van der Waals surface area contributed by atoms with Gasteiger partial charge in [0.25, 0.3) is 5.56 Å². The van der Waals surface area contributed by atoms with Crippen LogP contribution in [-0.4, -0.2) is 31.7 Å². The molecule has 1 aliphatic rings. The predicted molar refractivity (Wildman–Crippen MR) is 108 cm³/mol. The quantitative estimate of drug-likeness (QED) is 0.774. The summed E-state index contributed by atoms with van der Waals surface area (Å²) in [6, 6.07) is 11.5. The normalized spacial score (nSPS) is 20.2. The van der Waals surface area contributed by atoms with E-state index in [1.54, 1.807) is 10.8 Å². The van der Waals surface area contributed by atoms with Crippen LogP contribution < -0.4 is 10.9 Å². The first kappa shape index (κ1) is 17.0. The highest BCUT2D eigenvalue weighted by atomic mass is 32.2. The maximum absolute atomic E-state index is 13.2. The van der Waals surface area contributed by atoms with Crippen LogP contribution in [-0.2, 0) is 0 Å². The lowest BCUT2D eigenvalue weighted by atomic mass is 10.2. The predicted octanol–water partition coefficient (Wildman–Crippen LogP) is 3.15. The zero-order chi connectivity index (χ0) is 18.1. The Morgan fingerprint density at radius 3 is 2.88 bits per heavy atom. The van der Waals surface area contributed by atoms with Gasteiger partial charge in [-0.05, 0) is 44.2 Å². The molecule has 0 bridgehead atoms. The number of thioether (sulfide) groups is 1. The fourth-order valence-electron chi connectivity index (χ4n) is 3.17. The van der Waals surface area contributed by atoms with Gasteiger partial charge >= 0.3 is 0 Å². The van der Waals surface area contributed by atoms with E-state index in [-0.39, 0.29) is 11.6 Å². The second-order valence-electron chi connectivity index (χ2n) is 6.34. The van der Waals surface area contributed by atoms with E-state index in [1.807, 2.05) is 61.2 Å². The number of nitrogens with one attached hydrogen (secondary N) is 1. The summed E-state index contributed by atoms with van der Waals surface area (Å²) in [6.07, 6.45) is 5.76. The number of para-hydroxylation sites is 1. The molecule has 4 rings (SSSR count). The van der Waals surface area contributed by atoms with E-state index in [0.717, 1.165) is 17.1 Å². The van der Waals surface area contributed by atoms with Gasteiger partial charge in [-0.1, -0.05) is 18.2 Å². The molecular formula is C20H20N4OS. The fourth-order valence-corrected chi connectivity index (χ4v) is 4.14. The Hall–Kier alpha value is -2.44. The van der Waals surface area contributed by atoms with Crippen LogP contribution in [0.25, 0.3) is 22.7 Å². The molecule has 1 N–H and O–H groups in total. The number of aryl methyl sites for hydroxylation is 1. The topological polar surface area (TPSA) is 59.8 Å². The molecule has 0 saturated carbocycles. The van der Waals surface area contributed by atoms with E-state index in [0.29, 0.717) is 22.1 Å². The Balaban J connectivity index is 1.90. The van der Waals surface area contributed by atoms with Crippen molar-refractivity contribution >= 4 is 28.7 Å². The maximum atomic E-state index is 13.2. The number of nitrogens with zero attached hydrogens (tertiary/aromatic N) is 3. The molecular weight excluding hydrogens is 344 g/mol. The number of rotatable bonds is 3. The van der Waals surface area contributed by atoms with Crippen LogP contribution in [0.4, 0.5) is 0 Å². The Morgan fingerprint density at radius 1 is 1.27 bits per heavy atom. The van der Waals surface area contributed by atoms with E-state index in [9.17, 15) is 4.79 Å². The van der Waals surface area contributed by atoms with E-state index in [2.05, 4.69) is 23.3 Å². The molecule has 3 heterocycles. The number of hydrogen-bond donors (Lipinski definition) is 1. The lowest BCUT2D eigenvalue weighted by molar-refractivity contribution is 0.672. The third-order valence-electron chi connectivity index (χ3n) is 4.47. The van der Waals surface area contributed by atoms with Gasteiger partial charge in [-0.25, -0.2) is 4.98 Å². The van der Waals surface area contributed by atoms with Gasteiger partial charge in [0.15, 0.2) is 0 Å². The minimum Gasteiger partial charge on any atom is -0.298 e. The summed E-state index contributed by atoms with van der Waals surface area (Å²) in [5.74, 6) is 1.64. The van der Waals surface area contributed by atoms with Crippen molar-refractivity contribution in [2.75, 3.05) is 5.75 Å². The smallest absolute Gasteiger partial charge is 0.266 e. The Labute approximate surface area is 156 Å². The highest BCUT2D eigenvalue weighted by Crippen LogP contribution is 2.20. The van der Waals surface area contributed by atoms with Crippen molar-refractivity contribution in [1.29, 1.82) is 0 Å². The third-order valence-corrected chi connectivity index (χ3v) is 5.66. The molecule has 132 valence electrons. The molecule has 1 aliphatic heterocycles. The summed E-state index contributed by atoms with van der Waals surface area (Å²) in [5, 5.41) is 4.54. The third kappa shape index (κ3) is 3.18. The second kappa shape index (κ2) is 7.05. The summed E-state index contributed by atoms with van der Waals surface area (Å²) in [6.45, 7) is 4.06. The molecule has 1 saturated heterocycles. The molecule has 1 fully saturated rings. The van der Waals surface area contributed by atoms with Crippen LogP contribution in [0.15, 0.2) is 53.5 Å². The molecule has 1 aromatic carbocycles. The van der Waals surface area contributed by atoms with Gasteiger partial charge in [-0.2, -0.15) is 0 Å². The van der Waals surface area contributed by atoms with Crippen molar-refractivity contribution in [2.24, 2.45) is 0 Å². The molecule has 5 nitrogen and oxygen atoms in total. The molecule has 2 atom stereocenters. The zero-order valence-electron chi connectivity index (χ0n) is 14.7. The number of hydrogen-bond acceptors (Lipinski definition) is 5. The molecule has 3 aromatic rings. The van der Waals surface area contributed by atoms with Gasteiger partial charge in [0, 0.05) is 18.0 Å². The fraction of sp³-hybridized carbons (Fsp3) is 0.250. The van der Waals surface area contributed by atoms with E-state index < -0.39 is 0 Å². The van der Waals surface area contributed by atoms with Crippen LogP contribution in [0.3, 0.4) is 0 Å².